The molecule has 0 radical (unpaired) electrons. The fourth-order valence-electron chi connectivity index (χ4n) is 4.25. The number of carbonyl (C=O) groups is 1. The van der Waals surface area contributed by atoms with Crippen LogP contribution in [0.25, 0.3) is 11.1 Å². The van der Waals surface area contributed by atoms with Crippen LogP contribution in [0.4, 0.5) is 17.3 Å². The van der Waals surface area contributed by atoms with Gasteiger partial charge in [-0.3, -0.25) is 14.7 Å². The molecule has 2 aromatic heterocycles. The summed E-state index contributed by atoms with van der Waals surface area (Å²) in [6.07, 6.45) is 6.70. The first-order valence-electron chi connectivity index (χ1n) is 10.7. The molecule has 0 saturated carbocycles. The van der Waals surface area contributed by atoms with E-state index in [-0.39, 0.29) is 17.4 Å². The molecule has 170 valence electrons. The summed E-state index contributed by atoms with van der Waals surface area (Å²) in [6.45, 7) is 6.34. The molecule has 0 unspecified atom stereocenters. The normalized spacial score (nSPS) is 18.9. The number of nitrogens with zero attached hydrogens (tertiary/aromatic N) is 6. The number of hydrogen-bond acceptors (Lipinski definition) is 8. The van der Waals surface area contributed by atoms with E-state index < -0.39 is 15.3 Å². The molecular weight excluding hydrogens is 440 g/mol. The number of fused-ring (bicyclic) bond motifs is 1. The maximum Gasteiger partial charge on any atom is 0.242 e. The van der Waals surface area contributed by atoms with Gasteiger partial charge in [-0.25, -0.2) is 23.4 Å². The summed E-state index contributed by atoms with van der Waals surface area (Å²) in [5, 5.41) is 0. The van der Waals surface area contributed by atoms with E-state index in [1.807, 2.05) is 43.9 Å². The van der Waals surface area contributed by atoms with E-state index >= 15 is 0 Å². The van der Waals surface area contributed by atoms with Crippen LogP contribution in [0.1, 0.15) is 25.2 Å². The highest BCUT2D eigenvalue weighted by Crippen LogP contribution is 2.46. The van der Waals surface area contributed by atoms with Gasteiger partial charge < -0.3 is 4.90 Å². The fraction of sp³-hybridized carbons (Fsp3) is 0.348. The summed E-state index contributed by atoms with van der Waals surface area (Å²) in [4.78, 5) is 34.6. The monoisotopic (exact) mass is 464 g/mol. The molecule has 0 bridgehead atoms. The third kappa shape index (κ3) is 3.74. The molecule has 5 rings (SSSR count). The molecule has 4 heterocycles. The number of aryl methyl sites for hydroxylation is 1. The van der Waals surface area contributed by atoms with E-state index in [0.717, 1.165) is 22.4 Å². The van der Waals surface area contributed by atoms with Gasteiger partial charge in [-0.1, -0.05) is 12.1 Å². The standard InChI is InChI=1S/C23H24N6O3S/c1-15-25-11-17(12-26-15)16-4-5-18-19(10-16)29(22(30)23(18,2)3)21-14-24-13-20(27-21)28-6-8-33(31,32)9-7-28/h4-5,10-14H,6-9H2,1-3H3. The molecule has 0 aliphatic carbocycles. The van der Waals surface area contributed by atoms with Crippen molar-refractivity contribution in [3.63, 3.8) is 0 Å². The second kappa shape index (κ2) is 7.58. The van der Waals surface area contributed by atoms with E-state index in [2.05, 4.69) is 15.0 Å². The Hall–Kier alpha value is -3.40. The van der Waals surface area contributed by atoms with Gasteiger partial charge in [0.05, 0.1) is 35.0 Å². The lowest BCUT2D eigenvalue weighted by molar-refractivity contribution is -0.121. The number of amides is 1. The summed E-state index contributed by atoms with van der Waals surface area (Å²) in [5.74, 6) is 1.73. The van der Waals surface area contributed by atoms with Crippen LogP contribution in [-0.4, -0.2) is 58.9 Å². The number of carbonyl (C=O) groups excluding carboxylic acids is 1. The summed E-state index contributed by atoms with van der Waals surface area (Å²) in [7, 11) is -3.01. The fourth-order valence-corrected chi connectivity index (χ4v) is 5.45. The van der Waals surface area contributed by atoms with E-state index in [4.69, 9.17) is 4.98 Å². The SMILES string of the molecule is Cc1ncc(-c2ccc3c(c2)N(c2cncc(N4CCS(=O)(=O)CC4)n2)C(=O)C3(C)C)cn1. The molecule has 1 amide bonds. The largest absolute Gasteiger partial charge is 0.353 e. The van der Waals surface area contributed by atoms with E-state index in [0.29, 0.717) is 30.5 Å². The minimum atomic E-state index is -3.01. The Balaban J connectivity index is 1.55. The maximum absolute atomic E-state index is 13.5. The Morgan fingerprint density at radius 1 is 0.939 bits per heavy atom. The first-order chi connectivity index (χ1) is 15.7. The van der Waals surface area contributed by atoms with Crippen molar-refractivity contribution >= 4 is 33.1 Å². The highest BCUT2D eigenvalue weighted by Gasteiger charge is 2.45. The molecule has 2 aliphatic heterocycles. The molecule has 10 heteroatoms. The average Bonchev–Trinajstić information content (AvgIpc) is 2.99. The number of benzene rings is 1. The Morgan fingerprint density at radius 2 is 1.61 bits per heavy atom. The van der Waals surface area contributed by atoms with Gasteiger partial charge in [-0.15, -0.1) is 0 Å². The maximum atomic E-state index is 13.5. The zero-order chi connectivity index (χ0) is 23.4. The third-order valence-electron chi connectivity index (χ3n) is 6.27. The average molecular weight is 465 g/mol. The van der Waals surface area contributed by atoms with Gasteiger partial charge in [0.2, 0.25) is 5.91 Å². The van der Waals surface area contributed by atoms with Gasteiger partial charge >= 0.3 is 0 Å². The van der Waals surface area contributed by atoms with E-state index in [1.165, 1.54) is 0 Å². The van der Waals surface area contributed by atoms with Crippen molar-refractivity contribution in [3.05, 3.63) is 54.4 Å². The van der Waals surface area contributed by atoms with Crippen LogP contribution in [0.2, 0.25) is 0 Å². The number of anilines is 3. The van der Waals surface area contributed by atoms with Crippen molar-refractivity contribution in [2.24, 2.45) is 0 Å². The molecule has 0 N–H and O–H groups in total. The number of hydrogen-bond donors (Lipinski definition) is 0. The highest BCUT2D eigenvalue weighted by molar-refractivity contribution is 7.91. The second-order valence-electron chi connectivity index (χ2n) is 8.89. The summed E-state index contributed by atoms with van der Waals surface area (Å²) in [5.41, 5.74) is 2.68. The lowest BCUT2D eigenvalue weighted by Gasteiger charge is -2.28. The summed E-state index contributed by atoms with van der Waals surface area (Å²) < 4.78 is 23.6. The molecule has 2 aliphatic rings. The minimum Gasteiger partial charge on any atom is -0.353 e. The first kappa shape index (κ1) is 21.4. The van der Waals surface area contributed by atoms with Crippen LogP contribution in [0.5, 0.6) is 0 Å². The van der Waals surface area contributed by atoms with Gasteiger partial charge in [0.25, 0.3) is 0 Å². The molecule has 1 aromatic carbocycles. The zero-order valence-corrected chi connectivity index (χ0v) is 19.5. The molecule has 9 nitrogen and oxygen atoms in total. The van der Waals surface area contributed by atoms with Gasteiger partial charge in [-0.05, 0) is 38.0 Å². The molecule has 33 heavy (non-hydrogen) atoms. The molecule has 3 aromatic rings. The molecular formula is C23H24N6O3S. The topological polar surface area (TPSA) is 109 Å². The highest BCUT2D eigenvalue weighted by atomic mass is 32.2. The summed E-state index contributed by atoms with van der Waals surface area (Å²) >= 11 is 0. The second-order valence-corrected chi connectivity index (χ2v) is 11.2. The van der Waals surface area contributed by atoms with Crippen LogP contribution in [0.3, 0.4) is 0 Å². The van der Waals surface area contributed by atoms with Crippen LogP contribution >= 0.6 is 0 Å². The Labute approximate surface area is 192 Å². The predicted octanol–water partition coefficient (Wildman–Crippen LogP) is 2.43. The van der Waals surface area contributed by atoms with Crippen LogP contribution in [0, 0.1) is 6.92 Å². The molecule has 1 saturated heterocycles. The molecule has 1 fully saturated rings. The van der Waals surface area contributed by atoms with Gasteiger partial charge in [-0.2, -0.15) is 0 Å². The van der Waals surface area contributed by atoms with Crippen molar-refractivity contribution in [2.75, 3.05) is 34.4 Å². The zero-order valence-electron chi connectivity index (χ0n) is 18.7. The summed E-state index contributed by atoms with van der Waals surface area (Å²) in [6, 6.07) is 5.90. The van der Waals surface area contributed by atoms with Crippen LogP contribution in [-0.2, 0) is 20.0 Å². The lowest BCUT2D eigenvalue weighted by Crippen LogP contribution is -2.41. The number of aromatic nitrogens is 4. The van der Waals surface area contributed by atoms with Crippen molar-refractivity contribution < 1.29 is 13.2 Å². The van der Waals surface area contributed by atoms with Crippen molar-refractivity contribution in [2.45, 2.75) is 26.2 Å². The third-order valence-corrected chi connectivity index (χ3v) is 7.88. The van der Waals surface area contributed by atoms with E-state index in [1.54, 1.807) is 29.7 Å². The van der Waals surface area contributed by atoms with Crippen molar-refractivity contribution in [1.82, 2.24) is 19.9 Å². The Kier molecular flexibility index (Phi) is 4.93. The number of sulfone groups is 1. The van der Waals surface area contributed by atoms with Crippen LogP contribution in [0.15, 0.2) is 43.0 Å². The van der Waals surface area contributed by atoms with Crippen LogP contribution < -0.4 is 9.80 Å². The van der Waals surface area contributed by atoms with E-state index in [9.17, 15) is 13.2 Å². The Bertz CT molecular complexity index is 1340. The van der Waals surface area contributed by atoms with Gasteiger partial charge in [0, 0.05) is 31.0 Å². The lowest BCUT2D eigenvalue weighted by atomic mass is 9.85. The molecule has 0 atom stereocenters. The van der Waals surface area contributed by atoms with Gasteiger partial charge in [0.1, 0.15) is 11.6 Å². The van der Waals surface area contributed by atoms with Crippen molar-refractivity contribution in [3.8, 4) is 11.1 Å². The van der Waals surface area contributed by atoms with Gasteiger partial charge in [0.15, 0.2) is 15.7 Å². The Morgan fingerprint density at radius 3 is 2.30 bits per heavy atom. The first-order valence-corrected chi connectivity index (χ1v) is 12.5. The smallest absolute Gasteiger partial charge is 0.242 e. The number of rotatable bonds is 3. The predicted molar refractivity (Wildman–Crippen MR) is 125 cm³/mol. The minimum absolute atomic E-state index is 0.0827. The quantitative estimate of drug-likeness (QED) is 0.581. The molecule has 0 spiro atoms. The van der Waals surface area contributed by atoms with Crippen molar-refractivity contribution in [1.29, 1.82) is 0 Å².